The second-order valence-electron chi connectivity index (χ2n) is 22.7. The van der Waals surface area contributed by atoms with Crippen LogP contribution in [0.15, 0.2) is 90.4 Å². The third-order valence-corrected chi connectivity index (χ3v) is 16.9. The predicted octanol–water partition coefficient (Wildman–Crippen LogP) is 5.20. The van der Waals surface area contributed by atoms with Gasteiger partial charge in [0.2, 0.25) is 23.6 Å². The summed E-state index contributed by atoms with van der Waals surface area (Å²) in [6, 6.07) is 25.6. The molecule has 18 nitrogen and oxygen atoms in total. The van der Waals surface area contributed by atoms with E-state index in [-0.39, 0.29) is 61.1 Å². The second kappa shape index (κ2) is 24.1. The summed E-state index contributed by atoms with van der Waals surface area (Å²) in [4.78, 5) is 95.6. The number of hydrogen-bond donors (Lipinski definition) is 5. The summed E-state index contributed by atoms with van der Waals surface area (Å²) in [5.41, 5.74) is 9.21. The number of nitrogens with zero attached hydrogens (tertiary/aromatic N) is 7. The number of aromatic nitrogens is 2. The van der Waals surface area contributed by atoms with Crippen molar-refractivity contribution < 1.29 is 33.9 Å². The number of aliphatic hydroxyl groups is 1. The highest BCUT2D eigenvalue weighted by molar-refractivity contribution is 7.13. The zero-order valence-electron chi connectivity index (χ0n) is 45.8. The number of carbonyl (C=O) groups is 6. The molecule has 19 heteroatoms. The monoisotopic (exact) mass is 1080 g/mol. The summed E-state index contributed by atoms with van der Waals surface area (Å²) in [6.07, 6.45) is 2.75. The molecule has 0 unspecified atom stereocenters. The normalized spacial score (nSPS) is 18.9. The number of rotatable bonds is 18. The van der Waals surface area contributed by atoms with Gasteiger partial charge in [0.05, 0.1) is 34.3 Å². The second-order valence-corrected chi connectivity index (χ2v) is 23.6. The molecule has 3 aliphatic heterocycles. The van der Waals surface area contributed by atoms with Gasteiger partial charge in [0, 0.05) is 116 Å². The molecule has 4 aliphatic rings. The zero-order chi connectivity index (χ0) is 55.3. The Bertz CT molecular complexity index is 2950. The minimum Gasteiger partial charge on any atom is -0.391 e. The Hall–Kier alpha value is -6.77. The maximum Gasteiger partial charge on any atom is 0.268 e. The fourth-order valence-electron chi connectivity index (χ4n) is 11.3. The largest absolute Gasteiger partial charge is 0.391 e. The first-order chi connectivity index (χ1) is 37.3. The Labute approximate surface area is 461 Å². The molecular weight excluding hydrogens is 1010 g/mol. The van der Waals surface area contributed by atoms with E-state index >= 15 is 0 Å². The van der Waals surface area contributed by atoms with Gasteiger partial charge in [-0.05, 0) is 90.3 Å². The van der Waals surface area contributed by atoms with Crippen molar-refractivity contribution in [2.24, 2.45) is 5.41 Å². The minimum atomic E-state index is -0.926. The summed E-state index contributed by atoms with van der Waals surface area (Å²) < 4.78 is 2.19. The number of fused-ring (bicyclic) bond motifs is 2. The zero-order valence-corrected chi connectivity index (χ0v) is 46.7. The van der Waals surface area contributed by atoms with E-state index in [2.05, 4.69) is 46.7 Å². The number of aryl methyl sites for hydroxylation is 1. The summed E-state index contributed by atoms with van der Waals surface area (Å²) >= 11 is 1.58. The van der Waals surface area contributed by atoms with Crippen LogP contribution in [0, 0.1) is 12.3 Å². The van der Waals surface area contributed by atoms with E-state index in [9.17, 15) is 33.9 Å². The average molecular weight is 1080 g/mol. The van der Waals surface area contributed by atoms with E-state index < -0.39 is 29.5 Å². The van der Waals surface area contributed by atoms with Gasteiger partial charge >= 0.3 is 0 Å². The van der Waals surface area contributed by atoms with Crippen molar-refractivity contribution in [2.75, 3.05) is 71.8 Å². The van der Waals surface area contributed by atoms with Crippen molar-refractivity contribution in [1.82, 2.24) is 50.0 Å². The van der Waals surface area contributed by atoms with Gasteiger partial charge in [-0.15, -0.1) is 11.3 Å². The van der Waals surface area contributed by atoms with Crippen LogP contribution >= 0.6 is 11.3 Å². The molecule has 3 aromatic carbocycles. The molecule has 1 saturated carbocycles. The number of aliphatic hydroxyl groups excluding tert-OH is 1. The molecule has 0 radical (unpaired) electrons. The lowest BCUT2D eigenvalue weighted by atomic mass is 9.71. The Morgan fingerprint density at radius 2 is 1.45 bits per heavy atom. The molecule has 3 atom stereocenters. The average Bonchev–Trinajstić information content (AvgIpc) is 4.16. The van der Waals surface area contributed by atoms with E-state index in [0.717, 1.165) is 65.2 Å². The van der Waals surface area contributed by atoms with Gasteiger partial charge < -0.3 is 45.6 Å². The lowest BCUT2D eigenvalue weighted by Gasteiger charge is -2.53. The molecule has 1 spiro atoms. The fraction of sp³-hybridized carbons (Fsp3) is 0.475. The van der Waals surface area contributed by atoms with Gasteiger partial charge in [0.1, 0.15) is 17.8 Å². The van der Waals surface area contributed by atoms with Gasteiger partial charge in [0.15, 0.2) is 0 Å². The maximum absolute atomic E-state index is 14.2. The molecule has 5 N–H and O–H groups in total. The smallest absolute Gasteiger partial charge is 0.268 e. The van der Waals surface area contributed by atoms with Crippen LogP contribution in [-0.4, -0.2) is 159 Å². The standard InChI is InChI=1S/C59H75N11O7S/c1-39-52(78-38-62-39)43-14-8-40(9-15-43)33-61-55(75)48-32-46(71)36-70(48)57(77)53(58(2,3)4)64-51(73)37-67-28-26-66(27-29-67)25-22-50(72)63-45-18-12-41(13-19-45)34-60-54(74)47-20-21-49-59(23-7-24-59)68(30-31-69(47)49)35-42-10-16-44(17-11-42)56(76)65(5)6/h8-21,38,46,48,53,71H,7,22-37H2,1-6H3,(H,60,74)(H,61,75)(H,63,72)(H,64,73)/t46-,48+,53-/m1/s1. The molecule has 2 aromatic heterocycles. The van der Waals surface area contributed by atoms with Gasteiger partial charge in [-0.3, -0.25) is 38.6 Å². The van der Waals surface area contributed by atoms with Crippen molar-refractivity contribution in [2.45, 2.75) is 110 Å². The Morgan fingerprint density at radius 1 is 0.795 bits per heavy atom. The molecule has 0 bridgehead atoms. The number of thiazole rings is 1. The van der Waals surface area contributed by atoms with Gasteiger partial charge in [-0.1, -0.05) is 69.3 Å². The molecule has 78 heavy (non-hydrogen) atoms. The topological polar surface area (TPSA) is 205 Å². The lowest BCUT2D eigenvalue weighted by Crippen LogP contribution is -2.59. The van der Waals surface area contributed by atoms with E-state index in [1.54, 1.807) is 30.3 Å². The number of hydrogen-bond acceptors (Lipinski definition) is 12. The number of β-amino-alcohol motifs (C(OH)–C–C–N with tert-alkyl or cyclic N) is 1. The highest BCUT2D eigenvalue weighted by Crippen LogP contribution is 2.49. The molecule has 1 aliphatic carbocycles. The van der Waals surface area contributed by atoms with Gasteiger partial charge in [0.25, 0.3) is 11.8 Å². The summed E-state index contributed by atoms with van der Waals surface area (Å²) in [6.45, 7) is 13.7. The third kappa shape index (κ3) is 12.9. The number of carbonyl (C=O) groups excluding carboxylic acids is 6. The van der Waals surface area contributed by atoms with Crippen molar-refractivity contribution in [3.63, 3.8) is 0 Å². The minimum absolute atomic E-state index is 0.00276. The number of amides is 6. The third-order valence-electron chi connectivity index (χ3n) is 15.9. The van der Waals surface area contributed by atoms with Gasteiger partial charge in [-0.2, -0.15) is 0 Å². The molecule has 6 amide bonds. The predicted molar refractivity (Wildman–Crippen MR) is 300 cm³/mol. The number of anilines is 1. The van der Waals surface area contributed by atoms with Crippen LogP contribution < -0.4 is 21.3 Å². The van der Waals surface area contributed by atoms with E-state index in [4.69, 9.17) is 0 Å². The molecule has 5 heterocycles. The van der Waals surface area contributed by atoms with Crippen LogP contribution in [0.2, 0.25) is 0 Å². The van der Waals surface area contributed by atoms with Crippen LogP contribution in [0.25, 0.3) is 10.4 Å². The molecule has 2 saturated heterocycles. The first-order valence-electron chi connectivity index (χ1n) is 27.3. The van der Waals surface area contributed by atoms with Crippen LogP contribution in [0.1, 0.15) is 102 Å². The number of nitrogens with one attached hydrogen (secondary N) is 4. The highest BCUT2D eigenvalue weighted by atomic mass is 32.1. The summed E-state index contributed by atoms with van der Waals surface area (Å²) in [5, 5.41) is 22.7. The first-order valence-corrected chi connectivity index (χ1v) is 28.2. The number of likely N-dealkylation sites (tertiary alicyclic amines) is 1. The summed E-state index contributed by atoms with van der Waals surface area (Å²) in [7, 11) is 3.51. The fourth-order valence-corrected chi connectivity index (χ4v) is 12.1. The Morgan fingerprint density at radius 3 is 2.08 bits per heavy atom. The highest BCUT2D eigenvalue weighted by Gasteiger charge is 2.49. The van der Waals surface area contributed by atoms with Crippen LogP contribution in [0.5, 0.6) is 0 Å². The molecule has 9 rings (SSSR count). The van der Waals surface area contributed by atoms with Crippen molar-refractivity contribution in [1.29, 1.82) is 0 Å². The SMILES string of the molecule is Cc1ncsc1-c1ccc(CNC(=O)[C@@H]2C[C@@H](O)CN2C(=O)[C@@H](NC(=O)CN2CCN(CCC(=O)Nc3ccc(CNC(=O)c4ccc5n4CCN(Cc4ccc(C(=O)N(C)C)cc4)C54CCC4)cc3)CC2)C(C)(C)C)cc1. The number of piperazine rings is 1. The van der Waals surface area contributed by atoms with Gasteiger partial charge in [-0.25, -0.2) is 4.98 Å². The lowest BCUT2D eigenvalue weighted by molar-refractivity contribution is -0.144. The summed E-state index contributed by atoms with van der Waals surface area (Å²) in [5.74, 6) is -1.30. The van der Waals surface area contributed by atoms with Crippen LogP contribution in [-0.2, 0) is 50.9 Å². The van der Waals surface area contributed by atoms with Crippen molar-refractivity contribution >= 4 is 52.5 Å². The van der Waals surface area contributed by atoms with Crippen LogP contribution in [0.3, 0.4) is 0 Å². The maximum atomic E-state index is 14.2. The van der Waals surface area contributed by atoms with Crippen LogP contribution in [0.4, 0.5) is 5.69 Å². The molecular formula is C59H75N11O7S. The molecule has 5 aromatic rings. The number of benzene rings is 3. The first kappa shape index (κ1) is 56.0. The van der Waals surface area contributed by atoms with E-state index in [1.165, 1.54) is 10.6 Å². The van der Waals surface area contributed by atoms with Crippen molar-refractivity contribution in [3.05, 3.63) is 130 Å². The van der Waals surface area contributed by atoms with Crippen molar-refractivity contribution in [3.8, 4) is 10.4 Å². The van der Waals surface area contributed by atoms with E-state index in [1.807, 2.05) is 117 Å². The molecule has 3 fully saturated rings. The Balaban J connectivity index is 0.682. The Kier molecular flexibility index (Phi) is 17.3. The molecule has 414 valence electrons. The van der Waals surface area contributed by atoms with E-state index in [0.29, 0.717) is 69.2 Å². The quantitative estimate of drug-likeness (QED) is 0.0772.